The lowest BCUT2D eigenvalue weighted by Crippen LogP contribution is -2.12. The maximum atomic E-state index is 13.4. The summed E-state index contributed by atoms with van der Waals surface area (Å²) in [4.78, 5) is 11.6. The number of hydrogen-bond donors (Lipinski definition) is 1. The molecule has 0 aliphatic heterocycles. The quantitative estimate of drug-likeness (QED) is 0.711. The molecule has 1 aromatic carbocycles. The average molecular weight is 272 g/mol. The number of nitrogens with one attached hydrogen (secondary N) is 1. The first-order valence-electron chi connectivity index (χ1n) is 6.38. The molecule has 0 aromatic heterocycles. The van der Waals surface area contributed by atoms with E-state index in [1.807, 2.05) is 0 Å². The van der Waals surface area contributed by atoms with Crippen LogP contribution in [0, 0.1) is 5.82 Å². The lowest BCUT2D eigenvalue weighted by molar-refractivity contribution is -0.116. The van der Waals surface area contributed by atoms with Crippen molar-refractivity contribution < 1.29 is 9.18 Å². The molecule has 1 aromatic rings. The van der Waals surface area contributed by atoms with Gasteiger partial charge in [0.05, 0.1) is 5.69 Å². The molecule has 0 saturated heterocycles. The van der Waals surface area contributed by atoms with Crippen LogP contribution in [0.5, 0.6) is 0 Å². The van der Waals surface area contributed by atoms with Gasteiger partial charge in [-0.15, -0.1) is 0 Å². The van der Waals surface area contributed by atoms with Gasteiger partial charge in [0.25, 0.3) is 0 Å². The summed E-state index contributed by atoms with van der Waals surface area (Å²) in [7, 11) is 0. The van der Waals surface area contributed by atoms with Gasteiger partial charge in [0.1, 0.15) is 5.82 Å². The van der Waals surface area contributed by atoms with Crippen molar-refractivity contribution in [3.05, 3.63) is 29.0 Å². The normalized spacial score (nSPS) is 10.4. The van der Waals surface area contributed by atoms with Gasteiger partial charge in [-0.05, 0) is 24.6 Å². The van der Waals surface area contributed by atoms with E-state index in [9.17, 15) is 9.18 Å². The molecular formula is C14H19ClFNO. The standard InChI is InChI=1S/C14H19ClFNO/c1-2-3-4-5-6-7-14(18)17-13-9-8-11(15)10-12(13)16/h8-10H,2-7H2,1H3,(H,17,18). The molecule has 0 bridgehead atoms. The third kappa shape index (κ3) is 5.50. The van der Waals surface area contributed by atoms with Crippen LogP contribution in [0.3, 0.4) is 0 Å². The number of carbonyl (C=O) groups is 1. The van der Waals surface area contributed by atoms with Crippen molar-refractivity contribution in [2.24, 2.45) is 0 Å². The molecule has 1 rings (SSSR count). The van der Waals surface area contributed by atoms with E-state index in [-0.39, 0.29) is 11.6 Å². The third-order valence-corrected chi connectivity index (χ3v) is 2.95. The lowest BCUT2D eigenvalue weighted by Gasteiger charge is -2.06. The summed E-state index contributed by atoms with van der Waals surface area (Å²) in [5.41, 5.74) is 0.193. The third-order valence-electron chi connectivity index (χ3n) is 2.71. The predicted molar refractivity (Wildman–Crippen MR) is 73.4 cm³/mol. The van der Waals surface area contributed by atoms with Gasteiger partial charge in [-0.2, -0.15) is 0 Å². The predicted octanol–water partition coefficient (Wildman–Crippen LogP) is 4.78. The van der Waals surface area contributed by atoms with Crippen molar-refractivity contribution in [2.45, 2.75) is 45.4 Å². The summed E-state index contributed by atoms with van der Waals surface area (Å²) in [6.45, 7) is 2.15. The van der Waals surface area contributed by atoms with Crippen LogP contribution in [0.4, 0.5) is 10.1 Å². The number of benzene rings is 1. The molecule has 1 N–H and O–H groups in total. The van der Waals surface area contributed by atoms with Crippen molar-refractivity contribution >= 4 is 23.2 Å². The topological polar surface area (TPSA) is 29.1 Å². The summed E-state index contributed by atoms with van der Waals surface area (Å²) in [5.74, 6) is -0.644. The Morgan fingerprint density at radius 2 is 2.00 bits per heavy atom. The Morgan fingerprint density at radius 1 is 1.28 bits per heavy atom. The minimum absolute atomic E-state index is 0.146. The van der Waals surface area contributed by atoms with Gasteiger partial charge in [0.2, 0.25) is 5.91 Å². The maximum Gasteiger partial charge on any atom is 0.224 e. The van der Waals surface area contributed by atoms with Crippen LogP contribution < -0.4 is 5.32 Å². The molecule has 0 spiro atoms. The Balaban J connectivity index is 2.31. The van der Waals surface area contributed by atoms with Gasteiger partial charge >= 0.3 is 0 Å². The Morgan fingerprint density at radius 3 is 2.67 bits per heavy atom. The fraction of sp³-hybridized carbons (Fsp3) is 0.500. The number of halogens is 2. The van der Waals surface area contributed by atoms with E-state index in [1.54, 1.807) is 6.07 Å². The first-order valence-corrected chi connectivity index (χ1v) is 6.76. The molecule has 2 nitrogen and oxygen atoms in total. The first-order chi connectivity index (χ1) is 8.63. The SMILES string of the molecule is CCCCCCCC(=O)Nc1ccc(Cl)cc1F. The zero-order valence-corrected chi connectivity index (χ0v) is 11.4. The highest BCUT2D eigenvalue weighted by Gasteiger charge is 2.07. The fourth-order valence-electron chi connectivity index (χ4n) is 1.69. The average Bonchev–Trinajstić information content (AvgIpc) is 2.32. The second kappa shape index (κ2) is 8.09. The van der Waals surface area contributed by atoms with Crippen LogP contribution in [0.15, 0.2) is 18.2 Å². The second-order valence-corrected chi connectivity index (χ2v) is 4.77. The van der Waals surface area contributed by atoms with Crippen LogP contribution in [-0.4, -0.2) is 5.91 Å². The molecule has 0 aliphatic rings. The zero-order valence-electron chi connectivity index (χ0n) is 10.6. The molecule has 18 heavy (non-hydrogen) atoms. The maximum absolute atomic E-state index is 13.4. The Kier molecular flexibility index (Phi) is 6.73. The number of amides is 1. The highest BCUT2D eigenvalue weighted by Crippen LogP contribution is 2.19. The van der Waals surface area contributed by atoms with Gasteiger partial charge < -0.3 is 5.32 Å². The van der Waals surface area contributed by atoms with Crippen LogP contribution in [-0.2, 0) is 4.79 Å². The van der Waals surface area contributed by atoms with E-state index in [0.717, 1.165) is 19.3 Å². The molecule has 0 radical (unpaired) electrons. The Hall–Kier alpha value is -1.09. The van der Waals surface area contributed by atoms with Crippen LogP contribution in [0.2, 0.25) is 5.02 Å². The van der Waals surface area contributed by atoms with Crippen molar-refractivity contribution in [3.63, 3.8) is 0 Å². The smallest absolute Gasteiger partial charge is 0.224 e. The summed E-state index contributed by atoms with van der Waals surface area (Å²) < 4.78 is 13.4. The van der Waals surface area contributed by atoms with Gasteiger partial charge in [0.15, 0.2) is 0 Å². The molecule has 0 heterocycles. The molecule has 0 atom stereocenters. The number of hydrogen-bond acceptors (Lipinski definition) is 1. The zero-order chi connectivity index (χ0) is 13.4. The Bertz CT molecular complexity index is 395. The summed E-state index contributed by atoms with van der Waals surface area (Å²) in [6, 6.07) is 4.23. The van der Waals surface area contributed by atoms with Crippen molar-refractivity contribution in [3.8, 4) is 0 Å². The monoisotopic (exact) mass is 271 g/mol. The largest absolute Gasteiger partial charge is 0.324 e. The highest BCUT2D eigenvalue weighted by atomic mass is 35.5. The summed E-state index contributed by atoms with van der Waals surface area (Å²) >= 11 is 5.63. The van der Waals surface area contributed by atoms with E-state index < -0.39 is 5.82 Å². The van der Waals surface area contributed by atoms with E-state index >= 15 is 0 Å². The van der Waals surface area contributed by atoms with Crippen LogP contribution in [0.1, 0.15) is 45.4 Å². The van der Waals surface area contributed by atoms with Crippen LogP contribution >= 0.6 is 11.6 Å². The number of unbranched alkanes of at least 4 members (excludes halogenated alkanes) is 4. The lowest BCUT2D eigenvalue weighted by atomic mass is 10.1. The van der Waals surface area contributed by atoms with Gasteiger partial charge in [-0.3, -0.25) is 4.79 Å². The van der Waals surface area contributed by atoms with Gasteiger partial charge in [-0.25, -0.2) is 4.39 Å². The van der Waals surface area contributed by atoms with Crippen LogP contribution in [0.25, 0.3) is 0 Å². The second-order valence-electron chi connectivity index (χ2n) is 4.34. The molecule has 100 valence electrons. The van der Waals surface area contributed by atoms with Crippen molar-refractivity contribution in [1.82, 2.24) is 0 Å². The molecule has 1 amide bonds. The minimum atomic E-state index is -0.498. The van der Waals surface area contributed by atoms with Crippen molar-refractivity contribution in [2.75, 3.05) is 5.32 Å². The summed E-state index contributed by atoms with van der Waals surface area (Å²) in [6.07, 6.45) is 5.87. The molecule has 4 heteroatoms. The molecule has 0 saturated carbocycles. The van der Waals surface area contributed by atoms with Crippen molar-refractivity contribution in [1.29, 1.82) is 0 Å². The molecule has 0 fully saturated rings. The highest BCUT2D eigenvalue weighted by molar-refractivity contribution is 6.30. The number of carbonyl (C=O) groups excluding carboxylic acids is 1. The van der Waals surface area contributed by atoms with E-state index in [2.05, 4.69) is 12.2 Å². The molecular weight excluding hydrogens is 253 g/mol. The summed E-state index contributed by atoms with van der Waals surface area (Å²) in [5, 5.41) is 2.88. The van der Waals surface area contributed by atoms with E-state index in [4.69, 9.17) is 11.6 Å². The number of rotatable bonds is 7. The minimum Gasteiger partial charge on any atom is -0.324 e. The first kappa shape index (κ1) is 15.0. The van der Waals surface area contributed by atoms with E-state index in [1.165, 1.54) is 25.0 Å². The Labute approximate surface area is 113 Å². The molecule has 0 aliphatic carbocycles. The molecule has 0 unspecified atom stereocenters. The van der Waals surface area contributed by atoms with E-state index in [0.29, 0.717) is 11.4 Å². The van der Waals surface area contributed by atoms with Gasteiger partial charge in [0, 0.05) is 11.4 Å². The van der Waals surface area contributed by atoms with Gasteiger partial charge in [-0.1, -0.05) is 44.2 Å². The fourth-order valence-corrected chi connectivity index (χ4v) is 1.85. The number of anilines is 1.